The first-order valence-electron chi connectivity index (χ1n) is 11.0. The van der Waals surface area contributed by atoms with Gasteiger partial charge < -0.3 is 4.57 Å². The Morgan fingerprint density at radius 3 is 1.81 bits per heavy atom. The Kier molecular flexibility index (Phi) is 6.24. The molecule has 0 saturated heterocycles. The third-order valence-corrected chi connectivity index (χ3v) is 7.75. The molecule has 3 aromatic carbocycles. The first-order valence-corrected chi connectivity index (χ1v) is 12.0. The van der Waals surface area contributed by atoms with Crippen LogP contribution in [0.3, 0.4) is 0 Å². The van der Waals surface area contributed by atoms with Gasteiger partial charge in [-0.05, 0) is 34.1 Å². The van der Waals surface area contributed by atoms with Crippen LogP contribution in [0.1, 0.15) is 61.8 Å². The molecule has 0 aliphatic carbocycles. The van der Waals surface area contributed by atoms with Gasteiger partial charge in [0.15, 0.2) is 0 Å². The molecule has 0 aliphatic heterocycles. The number of imidazole rings is 1. The van der Waals surface area contributed by atoms with E-state index in [1.165, 1.54) is 27.4 Å². The number of aromatic nitrogens is 2. The predicted octanol–water partition coefficient (Wildman–Crippen LogP) is 5.91. The molecule has 0 fully saturated rings. The van der Waals surface area contributed by atoms with Crippen molar-refractivity contribution >= 4 is 14.7 Å². The van der Waals surface area contributed by atoms with Crippen LogP contribution in [0.2, 0.25) is 0 Å². The van der Waals surface area contributed by atoms with Gasteiger partial charge in [0.25, 0.3) is 0 Å². The van der Waals surface area contributed by atoms with Crippen LogP contribution in [0.15, 0.2) is 97.6 Å². The minimum atomic E-state index is -0.354. The van der Waals surface area contributed by atoms with E-state index in [2.05, 4.69) is 122 Å². The fraction of sp³-hybridized carbons (Fsp3) is 0.250. The minimum absolute atomic E-state index is 0.354. The molecule has 1 heterocycles. The van der Waals surface area contributed by atoms with Gasteiger partial charge in [-0.2, -0.15) is 0 Å². The molecule has 2 radical (unpaired) electrons. The first-order chi connectivity index (χ1) is 15.0. The quantitative estimate of drug-likeness (QED) is 0.339. The molecule has 4 rings (SSSR count). The second-order valence-corrected chi connectivity index (χ2v) is 10.3. The molecular weight excluding hydrogens is 392 g/mol. The molecule has 0 atom stereocenters. The van der Waals surface area contributed by atoms with Crippen molar-refractivity contribution < 1.29 is 0 Å². The highest BCUT2D eigenvalue weighted by Gasteiger charge is 2.37. The van der Waals surface area contributed by atoms with E-state index in [1.807, 2.05) is 12.5 Å². The Hall–Kier alpha value is -2.91. The monoisotopic (exact) mass is 422 g/mol. The average molecular weight is 423 g/mol. The SMILES string of the molecule is CC(C)c1cccc(C([Si]c2ccccc2)(c2cccc(C(C)C)c2)n2ccnc2)c1. The lowest BCUT2D eigenvalue weighted by atomic mass is 9.90. The fourth-order valence-corrected chi connectivity index (χ4v) is 5.75. The molecule has 1 aromatic heterocycles. The van der Waals surface area contributed by atoms with E-state index in [-0.39, 0.29) is 5.16 Å². The van der Waals surface area contributed by atoms with E-state index in [0.717, 1.165) is 0 Å². The Morgan fingerprint density at radius 2 is 1.32 bits per heavy atom. The van der Waals surface area contributed by atoms with Crippen LogP contribution in [0.25, 0.3) is 0 Å². The summed E-state index contributed by atoms with van der Waals surface area (Å²) in [6, 6.07) is 29.1. The molecule has 3 heteroatoms. The molecule has 0 saturated carbocycles. The van der Waals surface area contributed by atoms with Crippen molar-refractivity contribution in [1.82, 2.24) is 9.55 Å². The molecule has 0 aliphatic rings. The molecule has 0 amide bonds. The lowest BCUT2D eigenvalue weighted by Crippen LogP contribution is -2.46. The molecule has 156 valence electrons. The molecule has 0 bridgehead atoms. The van der Waals surface area contributed by atoms with Gasteiger partial charge in [-0.25, -0.2) is 4.98 Å². The van der Waals surface area contributed by atoms with Crippen molar-refractivity contribution in [2.24, 2.45) is 0 Å². The van der Waals surface area contributed by atoms with Crippen LogP contribution < -0.4 is 5.19 Å². The first kappa shape index (κ1) is 21.3. The summed E-state index contributed by atoms with van der Waals surface area (Å²) in [7, 11) is 0.518. The van der Waals surface area contributed by atoms with Gasteiger partial charge in [0, 0.05) is 12.4 Å². The van der Waals surface area contributed by atoms with Gasteiger partial charge in [0.2, 0.25) is 0 Å². The number of benzene rings is 3. The summed E-state index contributed by atoms with van der Waals surface area (Å²) in [5.74, 6) is 0.949. The maximum atomic E-state index is 4.46. The number of nitrogens with zero attached hydrogens (tertiary/aromatic N) is 2. The summed E-state index contributed by atoms with van der Waals surface area (Å²) in [5.41, 5.74) is 5.33. The normalized spacial score (nSPS) is 11.9. The molecule has 0 N–H and O–H groups in total. The van der Waals surface area contributed by atoms with Crippen molar-refractivity contribution in [2.45, 2.75) is 44.7 Å². The largest absolute Gasteiger partial charge is 0.326 e. The maximum Gasteiger partial charge on any atom is 0.127 e. The number of hydrogen-bond acceptors (Lipinski definition) is 1. The van der Waals surface area contributed by atoms with Crippen LogP contribution in [-0.4, -0.2) is 19.1 Å². The van der Waals surface area contributed by atoms with E-state index < -0.39 is 0 Å². The van der Waals surface area contributed by atoms with E-state index in [9.17, 15) is 0 Å². The maximum absolute atomic E-state index is 4.46. The van der Waals surface area contributed by atoms with E-state index in [1.54, 1.807) is 0 Å². The minimum Gasteiger partial charge on any atom is -0.326 e. The third kappa shape index (κ3) is 4.28. The lowest BCUT2D eigenvalue weighted by Gasteiger charge is -2.37. The second kappa shape index (κ2) is 9.07. The topological polar surface area (TPSA) is 17.8 Å². The Bertz CT molecular complexity index is 1060. The van der Waals surface area contributed by atoms with E-state index in [4.69, 9.17) is 0 Å². The van der Waals surface area contributed by atoms with Crippen LogP contribution >= 0.6 is 0 Å². The van der Waals surface area contributed by atoms with Crippen molar-refractivity contribution in [3.8, 4) is 0 Å². The summed E-state index contributed by atoms with van der Waals surface area (Å²) in [4.78, 5) is 4.46. The molecule has 0 unspecified atom stereocenters. The zero-order chi connectivity index (χ0) is 21.8. The zero-order valence-corrected chi connectivity index (χ0v) is 19.8. The van der Waals surface area contributed by atoms with Gasteiger partial charge in [-0.1, -0.05) is 112 Å². The van der Waals surface area contributed by atoms with Crippen LogP contribution in [0, 0.1) is 0 Å². The van der Waals surface area contributed by atoms with Crippen molar-refractivity contribution in [3.63, 3.8) is 0 Å². The van der Waals surface area contributed by atoms with Gasteiger partial charge >= 0.3 is 0 Å². The predicted molar refractivity (Wildman–Crippen MR) is 131 cm³/mol. The molecule has 0 spiro atoms. The average Bonchev–Trinajstić information content (AvgIpc) is 3.33. The highest BCUT2D eigenvalue weighted by atomic mass is 28.2. The smallest absolute Gasteiger partial charge is 0.127 e. The number of rotatable bonds is 7. The number of hydrogen-bond donors (Lipinski definition) is 0. The summed E-state index contributed by atoms with van der Waals surface area (Å²) in [6.07, 6.45) is 5.98. The van der Waals surface area contributed by atoms with Crippen LogP contribution in [0.5, 0.6) is 0 Å². The van der Waals surface area contributed by atoms with Gasteiger partial charge in [0.1, 0.15) is 9.52 Å². The van der Waals surface area contributed by atoms with Gasteiger partial charge in [-0.15, -0.1) is 0 Å². The van der Waals surface area contributed by atoms with E-state index in [0.29, 0.717) is 21.4 Å². The fourth-order valence-electron chi connectivity index (χ4n) is 4.11. The van der Waals surface area contributed by atoms with E-state index >= 15 is 0 Å². The lowest BCUT2D eigenvalue weighted by molar-refractivity contribution is 0.593. The summed E-state index contributed by atoms with van der Waals surface area (Å²) in [5, 5.41) is 0.981. The zero-order valence-electron chi connectivity index (χ0n) is 18.8. The second-order valence-electron chi connectivity index (χ2n) is 8.73. The molecule has 4 aromatic rings. The van der Waals surface area contributed by atoms with Gasteiger partial charge in [-0.3, -0.25) is 0 Å². The summed E-state index contributed by atoms with van der Waals surface area (Å²) in [6.45, 7) is 9.04. The Morgan fingerprint density at radius 1 is 0.742 bits per heavy atom. The highest BCUT2D eigenvalue weighted by Crippen LogP contribution is 2.36. The Labute approximate surface area is 188 Å². The molecule has 2 nitrogen and oxygen atoms in total. The molecular formula is C28H30N2Si. The van der Waals surface area contributed by atoms with Crippen LogP contribution in [0.4, 0.5) is 0 Å². The van der Waals surface area contributed by atoms with Crippen molar-refractivity contribution in [2.75, 3.05) is 0 Å². The van der Waals surface area contributed by atoms with Crippen molar-refractivity contribution in [3.05, 3.63) is 120 Å². The molecule has 31 heavy (non-hydrogen) atoms. The summed E-state index contributed by atoms with van der Waals surface area (Å²) >= 11 is 0. The Balaban J connectivity index is 2.02. The summed E-state index contributed by atoms with van der Waals surface area (Å²) < 4.78 is 2.30. The standard InChI is InChI=1S/C28H30N2Si/c1-21(2)23-10-8-12-25(18-23)28(30-17-16-29-20-30,31-27-14-6-5-7-15-27)26-13-9-11-24(19-26)22(3)4/h5-22H,1-4H3. The van der Waals surface area contributed by atoms with Crippen LogP contribution in [-0.2, 0) is 5.16 Å². The van der Waals surface area contributed by atoms with Crippen molar-refractivity contribution in [1.29, 1.82) is 0 Å². The highest BCUT2D eigenvalue weighted by molar-refractivity contribution is 6.57. The third-order valence-electron chi connectivity index (χ3n) is 5.93. The van der Waals surface area contributed by atoms with Gasteiger partial charge in [0.05, 0.1) is 11.5 Å².